The van der Waals surface area contributed by atoms with Crippen molar-refractivity contribution in [3.8, 4) is 0 Å². The smallest absolute Gasteiger partial charge is 0.258 e. The van der Waals surface area contributed by atoms with E-state index in [2.05, 4.69) is 18.6 Å². The molecular weight excluding hydrogens is 372 g/mol. The maximum atomic E-state index is 13.0. The summed E-state index contributed by atoms with van der Waals surface area (Å²) < 4.78 is 27.8. The van der Waals surface area contributed by atoms with Gasteiger partial charge in [-0.15, -0.1) is 0 Å². The van der Waals surface area contributed by atoms with Crippen molar-refractivity contribution in [2.24, 2.45) is 5.92 Å². The number of aryl methyl sites for hydroxylation is 2. The van der Waals surface area contributed by atoms with Crippen LogP contribution in [0.5, 0.6) is 0 Å². The first-order chi connectivity index (χ1) is 13.3. The summed E-state index contributed by atoms with van der Waals surface area (Å²) in [7, 11) is -3.54. The lowest BCUT2D eigenvalue weighted by Gasteiger charge is -2.30. The van der Waals surface area contributed by atoms with Gasteiger partial charge in [-0.25, -0.2) is 13.1 Å². The summed E-state index contributed by atoms with van der Waals surface area (Å²) in [5.41, 5.74) is 3.46. The van der Waals surface area contributed by atoms with Gasteiger partial charge in [0, 0.05) is 24.3 Å². The Kier molecular flexibility index (Phi) is 6.20. The predicted molar refractivity (Wildman–Crippen MR) is 112 cm³/mol. The molecule has 1 aliphatic heterocycles. The average molecular weight is 401 g/mol. The lowest BCUT2D eigenvalue weighted by Crippen LogP contribution is -2.35. The van der Waals surface area contributed by atoms with Gasteiger partial charge in [0.25, 0.3) is 5.91 Å². The van der Waals surface area contributed by atoms with Crippen LogP contribution in [0, 0.1) is 12.8 Å². The van der Waals surface area contributed by atoms with Gasteiger partial charge < -0.3 is 4.90 Å². The van der Waals surface area contributed by atoms with Gasteiger partial charge in [0.1, 0.15) is 0 Å². The Morgan fingerprint density at radius 3 is 2.54 bits per heavy atom. The third kappa shape index (κ3) is 4.62. The van der Waals surface area contributed by atoms with Crippen molar-refractivity contribution < 1.29 is 13.2 Å². The molecule has 1 amide bonds. The summed E-state index contributed by atoms with van der Waals surface area (Å²) >= 11 is 0. The Bertz CT molecular complexity index is 950. The van der Waals surface area contributed by atoms with Crippen LogP contribution < -0.4 is 9.62 Å². The number of amides is 1. The molecule has 1 aliphatic rings. The number of carbonyl (C=O) groups excluding carboxylic acids is 1. The third-order valence-corrected chi connectivity index (χ3v) is 6.50. The Morgan fingerprint density at radius 2 is 1.86 bits per heavy atom. The molecule has 0 atom stereocenters. The van der Waals surface area contributed by atoms with Crippen LogP contribution in [0.3, 0.4) is 0 Å². The van der Waals surface area contributed by atoms with Crippen LogP contribution in [0.4, 0.5) is 5.69 Å². The van der Waals surface area contributed by atoms with E-state index < -0.39 is 10.0 Å². The molecule has 150 valence electrons. The van der Waals surface area contributed by atoms with Crippen LogP contribution in [0.2, 0.25) is 0 Å². The van der Waals surface area contributed by atoms with Crippen molar-refractivity contribution in [2.45, 2.75) is 44.9 Å². The highest BCUT2D eigenvalue weighted by Crippen LogP contribution is 2.30. The molecule has 2 aromatic carbocycles. The van der Waals surface area contributed by atoms with E-state index >= 15 is 0 Å². The van der Waals surface area contributed by atoms with E-state index in [9.17, 15) is 13.2 Å². The molecule has 1 heterocycles. The molecule has 0 saturated carbocycles. The largest absolute Gasteiger partial charge is 0.308 e. The van der Waals surface area contributed by atoms with E-state index in [1.165, 1.54) is 0 Å². The number of anilines is 1. The fourth-order valence-electron chi connectivity index (χ4n) is 3.37. The molecule has 28 heavy (non-hydrogen) atoms. The van der Waals surface area contributed by atoms with Crippen LogP contribution in [0.25, 0.3) is 0 Å². The van der Waals surface area contributed by atoms with Crippen LogP contribution in [0.1, 0.15) is 48.2 Å². The second-order valence-electron chi connectivity index (χ2n) is 7.80. The van der Waals surface area contributed by atoms with Crippen LogP contribution >= 0.6 is 0 Å². The minimum absolute atomic E-state index is 0.0494. The highest BCUT2D eigenvalue weighted by molar-refractivity contribution is 7.89. The van der Waals surface area contributed by atoms with Gasteiger partial charge in [-0.05, 0) is 68.0 Å². The van der Waals surface area contributed by atoms with E-state index in [1.54, 1.807) is 23.1 Å². The van der Waals surface area contributed by atoms with Gasteiger partial charge in [0.05, 0.1) is 4.90 Å². The summed E-state index contributed by atoms with van der Waals surface area (Å²) in [5.74, 6) is 0.388. The van der Waals surface area contributed by atoms with Gasteiger partial charge in [-0.1, -0.05) is 31.5 Å². The quantitative estimate of drug-likeness (QED) is 0.799. The first-order valence-corrected chi connectivity index (χ1v) is 11.3. The summed E-state index contributed by atoms with van der Waals surface area (Å²) in [6.07, 6.45) is 2.38. The molecule has 0 fully saturated rings. The second-order valence-corrected chi connectivity index (χ2v) is 9.56. The summed E-state index contributed by atoms with van der Waals surface area (Å²) in [5, 5.41) is 0. The number of hydrogen-bond donors (Lipinski definition) is 1. The monoisotopic (exact) mass is 400 g/mol. The fourth-order valence-corrected chi connectivity index (χ4v) is 4.47. The second kappa shape index (κ2) is 8.45. The molecular formula is C22H28N2O3S. The zero-order valence-corrected chi connectivity index (χ0v) is 17.6. The highest BCUT2D eigenvalue weighted by atomic mass is 32.2. The maximum Gasteiger partial charge on any atom is 0.258 e. The van der Waals surface area contributed by atoms with Crippen molar-refractivity contribution in [2.75, 3.05) is 18.0 Å². The minimum atomic E-state index is -3.54. The van der Waals surface area contributed by atoms with E-state index in [1.807, 2.05) is 31.2 Å². The Hall–Kier alpha value is -2.18. The molecule has 0 spiro atoms. The molecule has 0 saturated heterocycles. The van der Waals surface area contributed by atoms with E-state index in [0.717, 1.165) is 36.1 Å². The lowest BCUT2D eigenvalue weighted by molar-refractivity contribution is 0.0985. The molecule has 5 nitrogen and oxygen atoms in total. The number of nitrogens with one attached hydrogen (secondary N) is 1. The Morgan fingerprint density at radius 1 is 1.14 bits per heavy atom. The lowest BCUT2D eigenvalue weighted by atomic mass is 10.0. The van der Waals surface area contributed by atoms with Crippen molar-refractivity contribution in [1.29, 1.82) is 0 Å². The standard InChI is InChI=1S/C22H28N2O3S/c1-16(2)12-13-23-28(26,27)20-10-11-21-19(15-20)5-4-14-24(21)22(25)18-8-6-17(3)7-9-18/h6-11,15-16,23H,4-5,12-14H2,1-3H3. The van der Waals surface area contributed by atoms with Gasteiger partial charge in [-0.3, -0.25) is 4.79 Å². The van der Waals surface area contributed by atoms with Crippen molar-refractivity contribution in [1.82, 2.24) is 4.72 Å². The maximum absolute atomic E-state index is 13.0. The van der Waals surface area contributed by atoms with Crippen molar-refractivity contribution in [3.05, 3.63) is 59.2 Å². The van der Waals surface area contributed by atoms with Gasteiger partial charge in [-0.2, -0.15) is 0 Å². The first-order valence-electron chi connectivity index (χ1n) is 9.79. The van der Waals surface area contributed by atoms with Gasteiger partial charge >= 0.3 is 0 Å². The van der Waals surface area contributed by atoms with E-state index in [0.29, 0.717) is 24.6 Å². The molecule has 6 heteroatoms. The number of fused-ring (bicyclic) bond motifs is 1. The normalized spacial score (nSPS) is 14.2. The average Bonchev–Trinajstić information content (AvgIpc) is 2.66. The third-order valence-electron chi connectivity index (χ3n) is 5.04. The summed E-state index contributed by atoms with van der Waals surface area (Å²) in [6.45, 7) is 7.18. The number of nitrogens with zero attached hydrogens (tertiary/aromatic N) is 1. The Labute approximate surface area is 167 Å². The molecule has 0 unspecified atom stereocenters. The Balaban J connectivity index is 1.83. The molecule has 0 bridgehead atoms. The first kappa shape index (κ1) is 20.6. The predicted octanol–water partition coefficient (Wildman–Crippen LogP) is 3.91. The van der Waals surface area contributed by atoms with Crippen LogP contribution in [-0.4, -0.2) is 27.4 Å². The molecule has 3 rings (SSSR count). The van der Waals surface area contributed by atoms with Crippen molar-refractivity contribution >= 4 is 21.6 Å². The molecule has 0 aromatic heterocycles. The van der Waals surface area contributed by atoms with Crippen LogP contribution in [-0.2, 0) is 16.4 Å². The van der Waals surface area contributed by atoms with E-state index in [-0.39, 0.29) is 10.8 Å². The topological polar surface area (TPSA) is 66.5 Å². The highest BCUT2D eigenvalue weighted by Gasteiger charge is 2.25. The zero-order valence-electron chi connectivity index (χ0n) is 16.7. The molecule has 1 N–H and O–H groups in total. The number of benzene rings is 2. The summed E-state index contributed by atoms with van der Waals surface area (Å²) in [4.78, 5) is 15.0. The number of carbonyl (C=O) groups is 1. The number of hydrogen-bond acceptors (Lipinski definition) is 3. The SMILES string of the molecule is Cc1ccc(C(=O)N2CCCc3cc(S(=O)(=O)NCCC(C)C)ccc32)cc1. The van der Waals surface area contributed by atoms with Crippen molar-refractivity contribution in [3.63, 3.8) is 0 Å². The minimum Gasteiger partial charge on any atom is -0.308 e. The van der Waals surface area contributed by atoms with E-state index in [4.69, 9.17) is 0 Å². The van der Waals surface area contributed by atoms with Gasteiger partial charge in [0.2, 0.25) is 10.0 Å². The zero-order chi connectivity index (χ0) is 20.3. The number of rotatable bonds is 6. The summed E-state index contributed by atoms with van der Waals surface area (Å²) in [6, 6.07) is 12.6. The van der Waals surface area contributed by atoms with Crippen LogP contribution in [0.15, 0.2) is 47.4 Å². The number of sulfonamides is 1. The van der Waals surface area contributed by atoms with Gasteiger partial charge in [0.15, 0.2) is 0 Å². The molecule has 2 aromatic rings. The fraction of sp³-hybridized carbons (Fsp3) is 0.409. The molecule has 0 radical (unpaired) electrons. The molecule has 0 aliphatic carbocycles.